The molecule has 15 heavy (non-hydrogen) atoms. The van der Waals surface area contributed by atoms with Gasteiger partial charge in [0.2, 0.25) is 0 Å². The highest BCUT2D eigenvalue weighted by atomic mass is 35.5. The van der Waals surface area contributed by atoms with Crippen LogP contribution in [0.25, 0.3) is 0 Å². The lowest BCUT2D eigenvalue weighted by molar-refractivity contribution is 0.433. The van der Waals surface area contributed by atoms with Crippen LogP contribution < -0.4 is 5.73 Å². The van der Waals surface area contributed by atoms with Gasteiger partial charge in [0.1, 0.15) is 17.4 Å². The lowest BCUT2D eigenvalue weighted by Crippen LogP contribution is -2.14. The molecule has 0 unspecified atom stereocenters. The molecule has 0 spiro atoms. The Balaban J connectivity index is 0.00000112. The second-order valence-electron chi connectivity index (χ2n) is 3.68. The lowest BCUT2D eigenvalue weighted by Gasteiger charge is -2.13. The Morgan fingerprint density at radius 2 is 1.93 bits per heavy atom. The molecule has 3 N–H and O–H groups in total. The first-order valence-corrected chi connectivity index (χ1v) is 4.53. The highest BCUT2D eigenvalue weighted by Gasteiger charge is 2.33. The van der Waals surface area contributed by atoms with Crippen molar-refractivity contribution < 1.29 is 13.9 Å². The van der Waals surface area contributed by atoms with Crippen molar-refractivity contribution in [3.63, 3.8) is 0 Å². The molecule has 2 nitrogen and oxygen atoms in total. The van der Waals surface area contributed by atoms with E-state index in [1.54, 1.807) is 0 Å². The normalized spacial score (nSPS) is 17.0. The van der Waals surface area contributed by atoms with Crippen LogP contribution >= 0.6 is 12.4 Å². The van der Waals surface area contributed by atoms with Crippen LogP contribution in [0.1, 0.15) is 24.4 Å². The molecule has 0 radical (unpaired) electrons. The predicted molar refractivity (Wildman–Crippen MR) is 54.9 cm³/mol. The van der Waals surface area contributed by atoms with Crippen molar-refractivity contribution in [3.8, 4) is 5.75 Å². The number of phenols is 1. The average molecular weight is 236 g/mol. The van der Waals surface area contributed by atoms with Crippen LogP contribution in [0.2, 0.25) is 0 Å². The number of nitrogens with two attached hydrogens (primary N) is 1. The molecule has 0 heterocycles. The summed E-state index contributed by atoms with van der Waals surface area (Å²) in [7, 11) is 0. The molecule has 1 aromatic carbocycles. The maximum absolute atomic E-state index is 13.3. The van der Waals surface area contributed by atoms with Gasteiger partial charge in [0, 0.05) is 23.7 Å². The van der Waals surface area contributed by atoms with Crippen LogP contribution in [0, 0.1) is 17.6 Å². The number of rotatable bonds is 2. The molecule has 0 saturated heterocycles. The van der Waals surface area contributed by atoms with Crippen LogP contribution in [-0.4, -0.2) is 5.11 Å². The van der Waals surface area contributed by atoms with Gasteiger partial charge in [0.05, 0.1) is 0 Å². The van der Waals surface area contributed by atoms with E-state index >= 15 is 0 Å². The summed E-state index contributed by atoms with van der Waals surface area (Å²) < 4.78 is 25.9. The molecular weight excluding hydrogens is 224 g/mol. The first-order valence-electron chi connectivity index (χ1n) is 4.53. The lowest BCUT2D eigenvalue weighted by atomic mass is 10.0. The van der Waals surface area contributed by atoms with E-state index in [0.29, 0.717) is 0 Å². The summed E-state index contributed by atoms with van der Waals surface area (Å²) in [5, 5.41) is 9.36. The third-order valence-electron chi connectivity index (χ3n) is 2.54. The van der Waals surface area contributed by atoms with Crippen molar-refractivity contribution in [3.05, 3.63) is 29.3 Å². The summed E-state index contributed by atoms with van der Waals surface area (Å²) in [6.07, 6.45) is 1.88. The van der Waals surface area contributed by atoms with Crippen molar-refractivity contribution in [1.82, 2.24) is 0 Å². The van der Waals surface area contributed by atoms with E-state index < -0.39 is 17.7 Å². The summed E-state index contributed by atoms with van der Waals surface area (Å²) in [5.74, 6) is -1.71. The molecular formula is C10H12ClF2NO. The molecule has 84 valence electrons. The summed E-state index contributed by atoms with van der Waals surface area (Å²) in [6, 6.07) is 1.12. The van der Waals surface area contributed by atoms with E-state index in [-0.39, 0.29) is 29.6 Å². The summed E-state index contributed by atoms with van der Waals surface area (Å²) in [4.78, 5) is 0. The highest BCUT2D eigenvalue weighted by Crippen LogP contribution is 2.42. The molecule has 1 aliphatic rings. The van der Waals surface area contributed by atoms with E-state index in [2.05, 4.69) is 0 Å². The Bertz CT molecular complexity index is 345. The molecule has 1 atom stereocenters. The van der Waals surface area contributed by atoms with Crippen molar-refractivity contribution >= 4 is 12.4 Å². The van der Waals surface area contributed by atoms with Crippen LogP contribution in [0.15, 0.2) is 12.1 Å². The molecule has 0 aliphatic heterocycles. The fourth-order valence-corrected chi connectivity index (χ4v) is 1.59. The first kappa shape index (κ1) is 12.2. The summed E-state index contributed by atoms with van der Waals surface area (Å²) in [5.41, 5.74) is 5.77. The third-order valence-corrected chi connectivity index (χ3v) is 2.54. The number of aromatic hydroxyl groups is 1. The van der Waals surface area contributed by atoms with Gasteiger partial charge in [-0.05, 0) is 18.8 Å². The molecule has 2 rings (SSSR count). The Labute approximate surface area is 92.5 Å². The van der Waals surface area contributed by atoms with Gasteiger partial charge in [-0.1, -0.05) is 0 Å². The van der Waals surface area contributed by atoms with Gasteiger partial charge >= 0.3 is 0 Å². The second kappa shape index (κ2) is 4.33. The average Bonchev–Trinajstić information content (AvgIpc) is 2.83. The number of hydrogen-bond acceptors (Lipinski definition) is 2. The quantitative estimate of drug-likeness (QED) is 0.827. The number of hydrogen-bond donors (Lipinski definition) is 2. The minimum atomic E-state index is -0.785. The minimum Gasteiger partial charge on any atom is -0.507 e. The molecule has 5 heteroatoms. The largest absolute Gasteiger partial charge is 0.507 e. The zero-order valence-electron chi connectivity index (χ0n) is 7.91. The van der Waals surface area contributed by atoms with Gasteiger partial charge < -0.3 is 10.8 Å². The van der Waals surface area contributed by atoms with E-state index in [0.717, 1.165) is 25.0 Å². The van der Waals surface area contributed by atoms with Gasteiger partial charge in [-0.2, -0.15) is 0 Å². The Hall–Kier alpha value is -0.870. The highest BCUT2D eigenvalue weighted by molar-refractivity contribution is 5.85. The van der Waals surface area contributed by atoms with Crippen LogP contribution in [0.3, 0.4) is 0 Å². The summed E-state index contributed by atoms with van der Waals surface area (Å²) in [6.45, 7) is 0. The minimum absolute atomic E-state index is 0. The monoisotopic (exact) mass is 235 g/mol. The number of phenolic OH excluding ortho intramolecular Hbond substituents is 1. The summed E-state index contributed by atoms with van der Waals surface area (Å²) >= 11 is 0. The Kier molecular flexibility index (Phi) is 3.52. The Morgan fingerprint density at radius 1 is 1.33 bits per heavy atom. The fraction of sp³-hybridized carbons (Fsp3) is 0.400. The SMILES string of the molecule is Cl.N[C@H](c1c(O)cc(F)cc1F)C1CC1. The van der Waals surface area contributed by atoms with Gasteiger partial charge in [0.15, 0.2) is 0 Å². The van der Waals surface area contributed by atoms with E-state index in [9.17, 15) is 13.9 Å². The third kappa shape index (κ3) is 2.38. The predicted octanol–water partition coefficient (Wildman–Crippen LogP) is 2.50. The van der Waals surface area contributed by atoms with Crippen LogP contribution in [0.5, 0.6) is 5.75 Å². The van der Waals surface area contributed by atoms with E-state index in [1.807, 2.05) is 0 Å². The number of benzene rings is 1. The zero-order chi connectivity index (χ0) is 10.3. The second-order valence-corrected chi connectivity index (χ2v) is 3.68. The smallest absolute Gasteiger partial charge is 0.134 e. The van der Waals surface area contributed by atoms with Gasteiger partial charge in [-0.15, -0.1) is 12.4 Å². The number of halogens is 3. The zero-order valence-corrected chi connectivity index (χ0v) is 8.73. The molecule has 1 aromatic rings. The molecule has 1 saturated carbocycles. The van der Waals surface area contributed by atoms with E-state index in [4.69, 9.17) is 5.73 Å². The van der Waals surface area contributed by atoms with Crippen molar-refractivity contribution in [1.29, 1.82) is 0 Å². The standard InChI is InChI=1S/C10H11F2NO.ClH/c11-6-3-7(12)9(8(14)4-6)10(13)5-1-2-5;/h3-5,10,14H,1-2,13H2;1H/t10-;/m0./s1. The van der Waals surface area contributed by atoms with Gasteiger partial charge in [-0.3, -0.25) is 0 Å². The molecule has 0 aromatic heterocycles. The topological polar surface area (TPSA) is 46.2 Å². The molecule has 1 aliphatic carbocycles. The van der Waals surface area contributed by atoms with Crippen molar-refractivity contribution in [2.75, 3.05) is 0 Å². The van der Waals surface area contributed by atoms with Crippen LogP contribution in [0.4, 0.5) is 8.78 Å². The van der Waals surface area contributed by atoms with Gasteiger partial charge in [0.25, 0.3) is 0 Å². The van der Waals surface area contributed by atoms with Crippen molar-refractivity contribution in [2.24, 2.45) is 11.7 Å². The van der Waals surface area contributed by atoms with Crippen LogP contribution in [-0.2, 0) is 0 Å². The Morgan fingerprint density at radius 3 is 2.40 bits per heavy atom. The maximum atomic E-state index is 13.3. The maximum Gasteiger partial charge on any atom is 0.134 e. The molecule has 0 amide bonds. The molecule has 0 bridgehead atoms. The van der Waals surface area contributed by atoms with Crippen molar-refractivity contribution in [2.45, 2.75) is 18.9 Å². The molecule has 1 fully saturated rings. The van der Waals surface area contributed by atoms with Gasteiger partial charge in [-0.25, -0.2) is 8.78 Å². The first-order chi connectivity index (χ1) is 6.59. The van der Waals surface area contributed by atoms with E-state index in [1.165, 1.54) is 0 Å². The fourth-order valence-electron chi connectivity index (χ4n) is 1.59.